The van der Waals surface area contributed by atoms with Gasteiger partial charge in [-0.05, 0) is 22.3 Å². The molecule has 0 bridgehead atoms. The van der Waals surface area contributed by atoms with E-state index in [-0.39, 0.29) is 0 Å². The van der Waals surface area contributed by atoms with Gasteiger partial charge in [0.25, 0.3) is 0 Å². The van der Waals surface area contributed by atoms with Crippen molar-refractivity contribution in [1.82, 2.24) is 0 Å². The summed E-state index contributed by atoms with van der Waals surface area (Å²) in [5.41, 5.74) is 4.17. The number of hydrogen-bond donors (Lipinski definition) is 0. The van der Waals surface area contributed by atoms with Gasteiger partial charge >= 0.3 is 0 Å². The highest BCUT2D eigenvalue weighted by molar-refractivity contribution is 8.07. The smallest absolute Gasteiger partial charge is 0.235 e. The highest BCUT2D eigenvalue weighted by Gasteiger charge is 2.00. The topological polar surface area (TPSA) is 68.1 Å². The fourth-order valence-corrected chi connectivity index (χ4v) is 3.39. The van der Waals surface area contributed by atoms with E-state index in [1.807, 2.05) is 48.5 Å². The van der Waals surface area contributed by atoms with Crippen LogP contribution >= 0.6 is 24.1 Å². The third kappa shape index (κ3) is 7.52. The average Bonchev–Trinajstić information content (AvgIpc) is 2.65. The second-order valence-corrected chi connectivity index (χ2v) is 6.64. The summed E-state index contributed by atoms with van der Waals surface area (Å²) in [5, 5.41) is 0. The van der Waals surface area contributed by atoms with Gasteiger partial charge < -0.3 is 0 Å². The summed E-state index contributed by atoms with van der Waals surface area (Å²) in [6, 6.07) is 15.7. The highest BCUT2D eigenvalue weighted by atomic mass is 32.2. The predicted molar refractivity (Wildman–Crippen MR) is 100 cm³/mol. The Balaban J connectivity index is 1.73. The van der Waals surface area contributed by atoms with Crippen molar-refractivity contribution in [2.75, 3.05) is 0 Å². The largest absolute Gasteiger partial charge is 0.247 e. The number of hydrogen-bond acceptors (Lipinski definition) is 7. The van der Waals surface area contributed by atoms with Crippen molar-refractivity contribution in [3.05, 3.63) is 70.8 Å². The molecular formula is C18H16N2O3S2. The van der Waals surface area contributed by atoms with E-state index in [0.717, 1.165) is 22.3 Å². The van der Waals surface area contributed by atoms with Gasteiger partial charge in [0, 0.05) is 35.6 Å². The molecule has 25 heavy (non-hydrogen) atoms. The van der Waals surface area contributed by atoms with E-state index < -0.39 is 0 Å². The fraction of sp³-hybridized carbons (Fsp3) is 0.222. The van der Waals surface area contributed by atoms with E-state index in [1.54, 1.807) is 12.2 Å². The quantitative estimate of drug-likeness (QED) is 0.268. The third-order valence-corrected chi connectivity index (χ3v) is 4.85. The Bertz CT molecular complexity index is 720. The Kier molecular flexibility index (Phi) is 8.77. The molecule has 0 heterocycles. The predicted octanol–water partition coefficient (Wildman–Crippen LogP) is 4.37. The summed E-state index contributed by atoms with van der Waals surface area (Å²) in [7, 11) is 0. The molecule has 5 nitrogen and oxygen atoms in total. The van der Waals surface area contributed by atoms with Gasteiger partial charge in [-0.15, -0.1) is 0 Å². The van der Waals surface area contributed by atoms with E-state index in [0.29, 0.717) is 24.6 Å². The van der Waals surface area contributed by atoms with Crippen LogP contribution in [0.3, 0.4) is 0 Å². The summed E-state index contributed by atoms with van der Waals surface area (Å²) in [5.74, 6) is 1.42. The van der Waals surface area contributed by atoms with Gasteiger partial charge in [0.05, 0.1) is 13.1 Å². The van der Waals surface area contributed by atoms with E-state index >= 15 is 0 Å². The number of aliphatic imine (C=N–C) groups is 2. The Morgan fingerprint density at radius 3 is 1.64 bits per heavy atom. The van der Waals surface area contributed by atoms with Gasteiger partial charge in [-0.25, -0.2) is 23.2 Å². The summed E-state index contributed by atoms with van der Waals surface area (Å²) >= 11 is 2.72. The van der Waals surface area contributed by atoms with Crippen LogP contribution in [0.2, 0.25) is 0 Å². The first kappa shape index (κ1) is 19.2. The number of isocyanates is 2. The molecule has 0 N–H and O–H groups in total. The van der Waals surface area contributed by atoms with Crippen LogP contribution < -0.4 is 0 Å². The maximum Gasteiger partial charge on any atom is 0.235 e. The molecule has 0 amide bonds. The zero-order chi connectivity index (χ0) is 17.7. The molecule has 0 aliphatic heterocycles. The van der Waals surface area contributed by atoms with Crippen molar-refractivity contribution in [3.8, 4) is 0 Å². The van der Waals surface area contributed by atoms with Crippen LogP contribution in [0.15, 0.2) is 58.5 Å². The normalized spacial score (nSPS) is 9.92. The molecule has 2 rings (SSSR count). The van der Waals surface area contributed by atoms with Crippen LogP contribution in [0.4, 0.5) is 0 Å². The van der Waals surface area contributed by atoms with Gasteiger partial charge in [0.15, 0.2) is 0 Å². The van der Waals surface area contributed by atoms with E-state index in [1.165, 1.54) is 24.1 Å². The van der Waals surface area contributed by atoms with Gasteiger partial charge in [0.1, 0.15) is 0 Å². The van der Waals surface area contributed by atoms with Crippen LogP contribution in [-0.2, 0) is 37.8 Å². The highest BCUT2D eigenvalue weighted by Crippen LogP contribution is 2.24. The van der Waals surface area contributed by atoms with Crippen LogP contribution in [0.25, 0.3) is 0 Å². The first-order chi connectivity index (χ1) is 12.3. The van der Waals surface area contributed by atoms with E-state index in [9.17, 15) is 9.59 Å². The number of nitrogens with zero attached hydrogens (tertiary/aromatic N) is 2. The number of benzene rings is 2. The van der Waals surface area contributed by atoms with Gasteiger partial charge in [-0.2, -0.15) is 0 Å². The minimum atomic E-state index is 0.349. The van der Waals surface area contributed by atoms with Crippen LogP contribution in [0.5, 0.6) is 0 Å². The van der Waals surface area contributed by atoms with Gasteiger partial charge in [0.2, 0.25) is 12.2 Å². The molecule has 0 aliphatic carbocycles. The van der Waals surface area contributed by atoms with E-state index in [4.69, 9.17) is 3.63 Å². The van der Waals surface area contributed by atoms with Crippen LogP contribution in [0, 0.1) is 0 Å². The molecule has 0 radical (unpaired) electrons. The molecule has 0 aliphatic rings. The molecule has 0 saturated carbocycles. The van der Waals surface area contributed by atoms with Crippen molar-refractivity contribution in [2.24, 2.45) is 9.98 Å². The lowest BCUT2D eigenvalue weighted by atomic mass is 10.1. The van der Waals surface area contributed by atoms with Gasteiger partial charge in [-0.1, -0.05) is 48.5 Å². The molecule has 0 saturated heterocycles. The minimum Gasteiger partial charge on any atom is -0.247 e. The number of carbonyl (C=O) groups excluding carboxylic acids is 2. The van der Waals surface area contributed by atoms with Crippen molar-refractivity contribution in [2.45, 2.75) is 24.6 Å². The van der Waals surface area contributed by atoms with Crippen molar-refractivity contribution in [3.63, 3.8) is 0 Å². The molecule has 2 aromatic rings. The SMILES string of the molecule is O=C=NCc1cccc(CSOSCc2cccc(CN=C=O)c2)c1. The molecule has 7 heteroatoms. The zero-order valence-electron chi connectivity index (χ0n) is 13.4. The third-order valence-electron chi connectivity index (χ3n) is 3.18. The lowest BCUT2D eigenvalue weighted by molar-refractivity contribution is 0.562. The van der Waals surface area contributed by atoms with Crippen molar-refractivity contribution < 1.29 is 13.2 Å². The summed E-state index contributed by atoms with van der Waals surface area (Å²) in [6.45, 7) is 0.699. The standard InChI is InChI=1S/C18H16N2O3S2/c21-13-19-9-15-3-1-5-17(7-15)11-24-23-25-12-18-6-2-4-16(8-18)10-20-14-22/h1-8H,9-12H2. The van der Waals surface area contributed by atoms with Gasteiger partial charge in [-0.3, -0.25) is 0 Å². The number of rotatable bonds is 10. The minimum absolute atomic E-state index is 0.349. The Hall–Kier alpha value is -2.14. The summed E-state index contributed by atoms with van der Waals surface area (Å²) in [6.07, 6.45) is 3.09. The molecule has 2 aromatic carbocycles. The molecule has 0 spiro atoms. The molecule has 0 aromatic heterocycles. The second kappa shape index (κ2) is 11.4. The maximum atomic E-state index is 10.2. The average molecular weight is 372 g/mol. The fourth-order valence-electron chi connectivity index (χ4n) is 2.10. The molecule has 0 unspecified atom stereocenters. The Morgan fingerprint density at radius 1 is 0.760 bits per heavy atom. The molecule has 0 fully saturated rings. The van der Waals surface area contributed by atoms with Crippen LogP contribution in [-0.4, -0.2) is 12.2 Å². The molecular weight excluding hydrogens is 356 g/mol. The first-order valence-electron chi connectivity index (χ1n) is 7.46. The molecule has 0 atom stereocenters. The zero-order valence-corrected chi connectivity index (χ0v) is 15.0. The monoisotopic (exact) mass is 372 g/mol. The lowest BCUT2D eigenvalue weighted by Gasteiger charge is -2.05. The molecule has 128 valence electrons. The van der Waals surface area contributed by atoms with E-state index in [2.05, 4.69) is 9.98 Å². The Labute approximate surface area is 155 Å². The Morgan fingerprint density at radius 2 is 1.20 bits per heavy atom. The second-order valence-electron chi connectivity index (χ2n) is 5.05. The van der Waals surface area contributed by atoms with Crippen LogP contribution in [0.1, 0.15) is 22.3 Å². The summed E-state index contributed by atoms with van der Waals surface area (Å²) < 4.78 is 5.55. The summed E-state index contributed by atoms with van der Waals surface area (Å²) in [4.78, 5) is 27.5. The lowest BCUT2D eigenvalue weighted by Crippen LogP contribution is -1.87. The van der Waals surface area contributed by atoms with Crippen molar-refractivity contribution >= 4 is 36.2 Å². The van der Waals surface area contributed by atoms with Crippen molar-refractivity contribution in [1.29, 1.82) is 0 Å². The first-order valence-corrected chi connectivity index (χ1v) is 9.28. The maximum absolute atomic E-state index is 10.2.